The topological polar surface area (TPSA) is 111 Å². The molecule has 1 aliphatic heterocycles. The molecule has 192 valence electrons. The maximum atomic E-state index is 13.2. The Hall–Kier alpha value is -4.77. The lowest BCUT2D eigenvalue weighted by Crippen LogP contribution is -2.48. The molecule has 1 saturated heterocycles. The SMILES string of the molecule is COc1cc([C@H](c2c[nH]c3ccccc23)C2C(=O)OC(C)(C)OC2=O)ccc1OCc1ccccc1C#N. The van der Waals surface area contributed by atoms with Crippen molar-refractivity contribution in [1.82, 2.24) is 4.98 Å². The number of nitrogens with zero attached hydrogens (tertiary/aromatic N) is 1. The Labute approximate surface area is 219 Å². The molecule has 0 radical (unpaired) electrons. The minimum Gasteiger partial charge on any atom is -0.493 e. The average molecular weight is 511 g/mol. The lowest BCUT2D eigenvalue weighted by molar-refractivity contribution is -0.240. The number of H-pyrrole nitrogens is 1. The van der Waals surface area contributed by atoms with Crippen molar-refractivity contribution in [2.75, 3.05) is 7.11 Å². The van der Waals surface area contributed by atoms with Gasteiger partial charge in [0.15, 0.2) is 17.4 Å². The lowest BCUT2D eigenvalue weighted by Gasteiger charge is -2.36. The molecule has 8 heteroatoms. The molecule has 1 aliphatic rings. The number of aromatic nitrogens is 1. The van der Waals surface area contributed by atoms with Gasteiger partial charge in [-0.3, -0.25) is 9.59 Å². The first-order valence-corrected chi connectivity index (χ1v) is 12.1. The van der Waals surface area contributed by atoms with Crippen LogP contribution < -0.4 is 9.47 Å². The van der Waals surface area contributed by atoms with Gasteiger partial charge in [-0.05, 0) is 35.4 Å². The number of esters is 2. The quantitative estimate of drug-likeness (QED) is 0.268. The number of fused-ring (bicyclic) bond motifs is 1. The number of nitriles is 1. The number of carbonyl (C=O) groups is 2. The molecule has 1 aromatic heterocycles. The van der Waals surface area contributed by atoms with Crippen LogP contribution in [0.4, 0.5) is 0 Å². The van der Waals surface area contributed by atoms with Crippen molar-refractivity contribution in [3.8, 4) is 17.6 Å². The maximum absolute atomic E-state index is 13.2. The van der Waals surface area contributed by atoms with E-state index >= 15 is 0 Å². The van der Waals surface area contributed by atoms with Gasteiger partial charge in [0.2, 0.25) is 0 Å². The summed E-state index contributed by atoms with van der Waals surface area (Å²) < 4.78 is 22.6. The van der Waals surface area contributed by atoms with Crippen LogP contribution in [0.1, 0.15) is 42.0 Å². The Kier molecular flexibility index (Phi) is 6.52. The van der Waals surface area contributed by atoms with Gasteiger partial charge >= 0.3 is 11.9 Å². The molecule has 0 bridgehead atoms. The maximum Gasteiger partial charge on any atom is 0.324 e. The van der Waals surface area contributed by atoms with Gasteiger partial charge in [0.05, 0.1) is 18.7 Å². The number of cyclic esters (lactones) is 2. The van der Waals surface area contributed by atoms with Crippen LogP contribution in [0.3, 0.4) is 0 Å². The number of methoxy groups -OCH3 is 1. The second-order valence-corrected chi connectivity index (χ2v) is 9.45. The predicted octanol–water partition coefficient (Wildman–Crippen LogP) is 5.21. The highest BCUT2D eigenvalue weighted by atomic mass is 16.7. The van der Waals surface area contributed by atoms with Crippen molar-refractivity contribution in [2.45, 2.75) is 32.2 Å². The molecule has 1 atom stereocenters. The molecule has 0 unspecified atom stereocenters. The van der Waals surface area contributed by atoms with Crippen molar-refractivity contribution < 1.29 is 28.5 Å². The Morgan fingerprint density at radius 3 is 2.45 bits per heavy atom. The van der Waals surface area contributed by atoms with Crippen molar-refractivity contribution in [2.24, 2.45) is 5.92 Å². The number of nitrogens with one attached hydrogen (secondary N) is 1. The summed E-state index contributed by atoms with van der Waals surface area (Å²) in [6, 6.07) is 22.3. The van der Waals surface area contributed by atoms with E-state index in [1.54, 1.807) is 36.5 Å². The third-order valence-corrected chi connectivity index (χ3v) is 6.56. The highest BCUT2D eigenvalue weighted by molar-refractivity contribution is 5.99. The number of rotatable bonds is 7. The number of aromatic amines is 1. The highest BCUT2D eigenvalue weighted by Gasteiger charge is 2.48. The van der Waals surface area contributed by atoms with E-state index in [4.69, 9.17) is 18.9 Å². The van der Waals surface area contributed by atoms with Crippen LogP contribution in [0.5, 0.6) is 11.5 Å². The summed E-state index contributed by atoms with van der Waals surface area (Å²) in [6.07, 6.45) is 1.80. The van der Waals surface area contributed by atoms with Gasteiger partial charge in [-0.15, -0.1) is 0 Å². The fourth-order valence-electron chi connectivity index (χ4n) is 4.81. The number of carbonyl (C=O) groups excluding carboxylic acids is 2. The summed E-state index contributed by atoms with van der Waals surface area (Å²) in [5, 5.41) is 10.2. The summed E-state index contributed by atoms with van der Waals surface area (Å²) >= 11 is 0. The third kappa shape index (κ3) is 4.66. The van der Waals surface area contributed by atoms with Crippen molar-refractivity contribution in [3.05, 3.63) is 95.2 Å². The van der Waals surface area contributed by atoms with Crippen molar-refractivity contribution in [3.63, 3.8) is 0 Å². The first kappa shape index (κ1) is 24.9. The number of hydrogen-bond acceptors (Lipinski definition) is 7. The normalized spacial score (nSPS) is 15.8. The van der Waals surface area contributed by atoms with Crippen LogP contribution in [0.25, 0.3) is 10.9 Å². The molecule has 4 aromatic rings. The largest absolute Gasteiger partial charge is 0.493 e. The molecule has 0 amide bonds. The zero-order chi connectivity index (χ0) is 26.9. The number of ether oxygens (including phenoxy) is 4. The second-order valence-electron chi connectivity index (χ2n) is 9.45. The molecule has 8 nitrogen and oxygen atoms in total. The minimum atomic E-state index is -1.34. The standard InChI is InChI=1S/C30H26N2O6/c1-30(2)37-28(33)27(29(34)38-30)26(22-16-32-23-11-7-6-10-21(22)23)18-12-13-24(25(14-18)35-3)36-17-20-9-5-4-8-19(20)15-31/h4-14,16,26-27,32H,17H2,1-3H3/t26-/m1/s1. The molecule has 2 heterocycles. The van der Waals surface area contributed by atoms with E-state index in [0.717, 1.165) is 22.0 Å². The predicted molar refractivity (Wildman–Crippen MR) is 138 cm³/mol. The zero-order valence-electron chi connectivity index (χ0n) is 21.2. The van der Waals surface area contributed by atoms with Gasteiger partial charge in [0.25, 0.3) is 5.79 Å². The fraction of sp³-hybridized carbons (Fsp3) is 0.233. The third-order valence-electron chi connectivity index (χ3n) is 6.56. The van der Waals surface area contributed by atoms with E-state index < -0.39 is 29.6 Å². The number of para-hydroxylation sites is 1. The molecule has 0 saturated carbocycles. The summed E-state index contributed by atoms with van der Waals surface area (Å²) in [4.78, 5) is 29.6. The Morgan fingerprint density at radius 2 is 1.71 bits per heavy atom. The van der Waals surface area contributed by atoms with Gasteiger partial charge in [-0.25, -0.2) is 0 Å². The van der Waals surface area contributed by atoms with E-state index in [-0.39, 0.29) is 6.61 Å². The summed E-state index contributed by atoms with van der Waals surface area (Å²) in [5.74, 6) is -3.73. The van der Waals surface area contributed by atoms with Crippen LogP contribution in [0, 0.1) is 17.2 Å². The summed E-state index contributed by atoms with van der Waals surface area (Å²) in [6.45, 7) is 3.22. The number of benzene rings is 3. The molecule has 1 fully saturated rings. The monoisotopic (exact) mass is 510 g/mol. The van der Waals surface area contributed by atoms with E-state index in [9.17, 15) is 14.9 Å². The molecular formula is C30H26N2O6. The summed E-state index contributed by atoms with van der Waals surface area (Å²) in [7, 11) is 1.52. The van der Waals surface area contributed by atoms with Crippen LogP contribution in [0.2, 0.25) is 0 Å². The van der Waals surface area contributed by atoms with Gasteiger partial charge in [-0.1, -0.05) is 42.5 Å². The lowest BCUT2D eigenvalue weighted by atomic mass is 9.80. The van der Waals surface area contributed by atoms with E-state index in [1.807, 2.05) is 36.4 Å². The molecule has 3 aromatic carbocycles. The summed E-state index contributed by atoms with van der Waals surface area (Å²) in [5.41, 5.74) is 3.54. The number of hydrogen-bond donors (Lipinski definition) is 1. The van der Waals surface area contributed by atoms with E-state index in [1.165, 1.54) is 21.0 Å². The van der Waals surface area contributed by atoms with Gasteiger partial charge in [0, 0.05) is 42.4 Å². The smallest absolute Gasteiger partial charge is 0.324 e. The molecule has 5 rings (SSSR count). The molecular weight excluding hydrogens is 484 g/mol. The van der Waals surface area contributed by atoms with Crippen molar-refractivity contribution >= 4 is 22.8 Å². The van der Waals surface area contributed by atoms with Gasteiger partial charge in [0.1, 0.15) is 6.61 Å². The van der Waals surface area contributed by atoms with Crippen LogP contribution in [-0.4, -0.2) is 29.8 Å². The molecule has 38 heavy (non-hydrogen) atoms. The highest BCUT2D eigenvalue weighted by Crippen LogP contribution is 2.43. The molecule has 1 N–H and O–H groups in total. The minimum absolute atomic E-state index is 0.168. The second kappa shape index (κ2) is 9.94. The Bertz CT molecular complexity index is 1540. The van der Waals surface area contributed by atoms with E-state index in [2.05, 4.69) is 11.1 Å². The Morgan fingerprint density at radius 1 is 1.00 bits per heavy atom. The van der Waals surface area contributed by atoms with Crippen LogP contribution in [-0.2, 0) is 25.7 Å². The van der Waals surface area contributed by atoms with E-state index in [0.29, 0.717) is 22.6 Å². The molecule has 0 aliphatic carbocycles. The van der Waals surface area contributed by atoms with Crippen molar-refractivity contribution in [1.29, 1.82) is 5.26 Å². The first-order chi connectivity index (χ1) is 18.3. The average Bonchev–Trinajstić information content (AvgIpc) is 3.33. The first-order valence-electron chi connectivity index (χ1n) is 12.1. The fourth-order valence-corrected chi connectivity index (χ4v) is 4.81. The van der Waals surface area contributed by atoms with Gasteiger partial charge < -0.3 is 23.9 Å². The van der Waals surface area contributed by atoms with Crippen LogP contribution >= 0.6 is 0 Å². The van der Waals surface area contributed by atoms with Crippen LogP contribution in [0.15, 0.2) is 72.9 Å². The molecule has 0 spiro atoms. The van der Waals surface area contributed by atoms with Gasteiger partial charge in [-0.2, -0.15) is 5.26 Å². The zero-order valence-corrected chi connectivity index (χ0v) is 21.2. The Balaban J connectivity index is 1.55.